The van der Waals surface area contributed by atoms with E-state index in [1.807, 2.05) is 25.2 Å². The molecule has 5 heterocycles. The van der Waals surface area contributed by atoms with Gasteiger partial charge in [-0.1, -0.05) is 6.07 Å². The number of pyridine rings is 2. The zero-order valence-corrected chi connectivity index (χ0v) is 15.1. The minimum Gasteiger partial charge on any atom is -0.475 e. The zero-order chi connectivity index (χ0) is 18.2. The number of rotatable bonds is 4. The molecule has 0 saturated carbocycles. The summed E-state index contributed by atoms with van der Waals surface area (Å²) in [5.41, 5.74) is 4.52. The molecule has 1 saturated heterocycles. The molecule has 8 heteroatoms. The van der Waals surface area contributed by atoms with Crippen molar-refractivity contribution in [1.82, 2.24) is 19.7 Å². The molecule has 1 fully saturated rings. The number of nitrogens with zero attached hydrogens (tertiary/aromatic N) is 5. The van der Waals surface area contributed by atoms with Crippen LogP contribution >= 0.6 is 0 Å². The van der Waals surface area contributed by atoms with Gasteiger partial charge in [-0.3, -0.25) is 14.7 Å². The SMILES string of the molecule is Cn1nc(OCC2CCOC2)c2ncc(NC3=NCc4cccnc43)cc21. The van der Waals surface area contributed by atoms with Gasteiger partial charge >= 0.3 is 0 Å². The Morgan fingerprint density at radius 3 is 3.22 bits per heavy atom. The first-order valence-electron chi connectivity index (χ1n) is 9.07. The molecule has 0 spiro atoms. The van der Waals surface area contributed by atoms with Crippen LogP contribution in [-0.2, 0) is 18.3 Å². The number of aryl methyl sites for hydroxylation is 1. The number of hydrogen-bond donors (Lipinski definition) is 1. The van der Waals surface area contributed by atoms with Crippen molar-refractivity contribution >= 4 is 22.6 Å². The van der Waals surface area contributed by atoms with Crippen molar-refractivity contribution in [2.24, 2.45) is 18.0 Å². The van der Waals surface area contributed by atoms with Gasteiger partial charge in [0.1, 0.15) is 5.69 Å². The van der Waals surface area contributed by atoms with Crippen molar-refractivity contribution in [3.63, 3.8) is 0 Å². The fourth-order valence-electron chi connectivity index (χ4n) is 3.43. The Kier molecular flexibility index (Phi) is 3.97. The number of ether oxygens (including phenoxy) is 2. The smallest absolute Gasteiger partial charge is 0.259 e. The summed E-state index contributed by atoms with van der Waals surface area (Å²) >= 11 is 0. The summed E-state index contributed by atoms with van der Waals surface area (Å²) in [5.74, 6) is 1.76. The summed E-state index contributed by atoms with van der Waals surface area (Å²) in [6.45, 7) is 2.82. The van der Waals surface area contributed by atoms with E-state index < -0.39 is 0 Å². The molecule has 8 nitrogen and oxygen atoms in total. The Morgan fingerprint density at radius 1 is 1.37 bits per heavy atom. The monoisotopic (exact) mass is 364 g/mol. The van der Waals surface area contributed by atoms with Gasteiger partial charge in [0, 0.05) is 31.3 Å². The quantitative estimate of drug-likeness (QED) is 0.763. The highest BCUT2D eigenvalue weighted by Gasteiger charge is 2.20. The topological polar surface area (TPSA) is 86.5 Å². The Morgan fingerprint density at radius 2 is 2.33 bits per heavy atom. The highest BCUT2D eigenvalue weighted by molar-refractivity contribution is 6.09. The number of aromatic nitrogens is 4. The molecule has 0 amide bonds. The Bertz CT molecular complexity index is 1020. The lowest BCUT2D eigenvalue weighted by Crippen LogP contribution is -2.13. The molecule has 1 unspecified atom stereocenters. The highest BCUT2D eigenvalue weighted by atomic mass is 16.5. The highest BCUT2D eigenvalue weighted by Crippen LogP contribution is 2.26. The van der Waals surface area contributed by atoms with Gasteiger partial charge < -0.3 is 14.8 Å². The largest absolute Gasteiger partial charge is 0.475 e. The maximum atomic E-state index is 5.92. The van der Waals surface area contributed by atoms with E-state index in [-0.39, 0.29) is 0 Å². The van der Waals surface area contributed by atoms with Crippen molar-refractivity contribution in [2.45, 2.75) is 13.0 Å². The number of hydrogen-bond acceptors (Lipinski definition) is 7. The normalized spacial score (nSPS) is 18.6. The lowest BCUT2D eigenvalue weighted by atomic mass is 10.1. The molecular weight excluding hydrogens is 344 g/mol. The van der Waals surface area contributed by atoms with E-state index in [1.54, 1.807) is 17.1 Å². The summed E-state index contributed by atoms with van der Waals surface area (Å²) in [6, 6.07) is 5.98. The number of amidine groups is 1. The van der Waals surface area contributed by atoms with Crippen LogP contribution in [0.5, 0.6) is 5.88 Å². The van der Waals surface area contributed by atoms with Gasteiger partial charge in [-0.05, 0) is 18.6 Å². The molecule has 138 valence electrons. The Labute approximate surface area is 156 Å². The maximum absolute atomic E-state index is 5.92. The predicted octanol–water partition coefficient (Wildman–Crippen LogP) is 2.15. The van der Waals surface area contributed by atoms with E-state index in [0.29, 0.717) is 24.9 Å². The van der Waals surface area contributed by atoms with Crippen LogP contribution in [0.25, 0.3) is 11.0 Å². The third kappa shape index (κ3) is 3.02. The average Bonchev–Trinajstić information content (AvgIpc) is 3.41. The van der Waals surface area contributed by atoms with Crippen LogP contribution in [0.1, 0.15) is 17.7 Å². The van der Waals surface area contributed by atoms with Crippen LogP contribution in [0.4, 0.5) is 5.69 Å². The molecule has 1 atom stereocenters. The molecule has 3 aromatic rings. The van der Waals surface area contributed by atoms with Gasteiger partial charge in [-0.15, -0.1) is 5.10 Å². The first kappa shape index (κ1) is 16.2. The van der Waals surface area contributed by atoms with Crippen molar-refractivity contribution < 1.29 is 9.47 Å². The molecule has 0 radical (unpaired) electrons. The van der Waals surface area contributed by atoms with Crippen molar-refractivity contribution in [3.05, 3.63) is 41.9 Å². The van der Waals surface area contributed by atoms with Gasteiger partial charge in [-0.2, -0.15) is 0 Å². The lowest BCUT2D eigenvalue weighted by molar-refractivity contribution is 0.165. The summed E-state index contributed by atoms with van der Waals surface area (Å²) in [7, 11) is 1.89. The van der Waals surface area contributed by atoms with E-state index in [4.69, 9.17) is 9.47 Å². The second-order valence-corrected chi connectivity index (χ2v) is 6.86. The Balaban J connectivity index is 1.37. The molecule has 0 aromatic carbocycles. The first-order chi connectivity index (χ1) is 13.3. The van der Waals surface area contributed by atoms with Crippen molar-refractivity contribution in [2.75, 3.05) is 25.1 Å². The van der Waals surface area contributed by atoms with E-state index in [2.05, 4.69) is 25.4 Å². The molecule has 5 rings (SSSR count). The molecule has 27 heavy (non-hydrogen) atoms. The van der Waals surface area contributed by atoms with E-state index in [1.165, 1.54) is 0 Å². The summed E-state index contributed by atoms with van der Waals surface area (Å²) in [5, 5.41) is 7.81. The lowest BCUT2D eigenvalue weighted by Gasteiger charge is -2.08. The van der Waals surface area contributed by atoms with Gasteiger partial charge in [0.2, 0.25) is 0 Å². The van der Waals surface area contributed by atoms with Crippen LogP contribution in [-0.4, -0.2) is 45.4 Å². The van der Waals surface area contributed by atoms with Gasteiger partial charge in [0.25, 0.3) is 5.88 Å². The third-order valence-electron chi connectivity index (χ3n) is 4.93. The average molecular weight is 364 g/mol. The molecule has 0 bridgehead atoms. The number of anilines is 1. The van der Waals surface area contributed by atoms with Crippen LogP contribution < -0.4 is 10.1 Å². The number of aliphatic imine (C=N–C) groups is 1. The van der Waals surface area contributed by atoms with Crippen molar-refractivity contribution in [3.8, 4) is 5.88 Å². The molecule has 1 N–H and O–H groups in total. The van der Waals surface area contributed by atoms with Crippen LogP contribution in [0.2, 0.25) is 0 Å². The van der Waals surface area contributed by atoms with E-state index in [0.717, 1.165) is 53.4 Å². The third-order valence-corrected chi connectivity index (χ3v) is 4.93. The standard InChI is InChI=1S/C19H20N6O2/c1-25-15-7-14(23-18-16-13(8-22-18)3-2-5-20-16)9-21-17(15)19(24-25)27-11-12-4-6-26-10-12/h2-3,5,7,9,12H,4,6,8,10-11H2,1H3,(H,22,23). The summed E-state index contributed by atoms with van der Waals surface area (Å²) in [6.07, 6.45) is 4.59. The maximum Gasteiger partial charge on any atom is 0.259 e. The van der Waals surface area contributed by atoms with Crippen molar-refractivity contribution in [1.29, 1.82) is 0 Å². The Hall–Kier alpha value is -3.00. The fourth-order valence-corrected chi connectivity index (χ4v) is 3.43. The fraction of sp³-hybridized carbons (Fsp3) is 0.368. The minimum absolute atomic E-state index is 0.427. The molecular formula is C19H20N6O2. The second-order valence-electron chi connectivity index (χ2n) is 6.86. The second kappa shape index (κ2) is 6.62. The summed E-state index contributed by atoms with van der Waals surface area (Å²) in [4.78, 5) is 13.5. The predicted molar refractivity (Wildman–Crippen MR) is 101 cm³/mol. The zero-order valence-electron chi connectivity index (χ0n) is 15.1. The van der Waals surface area contributed by atoms with Crippen LogP contribution in [0.15, 0.2) is 35.6 Å². The minimum atomic E-state index is 0.427. The molecule has 2 aliphatic heterocycles. The number of fused-ring (bicyclic) bond motifs is 2. The molecule has 3 aromatic heterocycles. The molecule has 0 aliphatic carbocycles. The van der Waals surface area contributed by atoms with E-state index >= 15 is 0 Å². The van der Waals surface area contributed by atoms with E-state index in [9.17, 15) is 0 Å². The van der Waals surface area contributed by atoms with Gasteiger partial charge in [0.15, 0.2) is 11.4 Å². The first-order valence-corrected chi connectivity index (χ1v) is 9.07. The van der Waals surface area contributed by atoms with Gasteiger partial charge in [0.05, 0.1) is 37.2 Å². The van der Waals surface area contributed by atoms with Crippen LogP contribution in [0.3, 0.4) is 0 Å². The van der Waals surface area contributed by atoms with Gasteiger partial charge in [-0.25, -0.2) is 4.98 Å². The summed E-state index contributed by atoms with van der Waals surface area (Å²) < 4.78 is 13.1. The number of nitrogens with one attached hydrogen (secondary N) is 1. The van der Waals surface area contributed by atoms with Crippen LogP contribution in [0, 0.1) is 5.92 Å². The molecule has 2 aliphatic rings.